The van der Waals surface area contributed by atoms with Crippen molar-refractivity contribution >= 4 is 17.0 Å². The lowest BCUT2D eigenvalue weighted by Crippen LogP contribution is -2.20. The highest BCUT2D eigenvalue weighted by Gasteiger charge is 2.37. The van der Waals surface area contributed by atoms with Gasteiger partial charge in [-0.3, -0.25) is 4.79 Å². The van der Waals surface area contributed by atoms with Crippen LogP contribution in [0.2, 0.25) is 0 Å². The summed E-state index contributed by atoms with van der Waals surface area (Å²) >= 11 is 0. The molecule has 2 aromatic rings. The van der Waals surface area contributed by atoms with Gasteiger partial charge in [0.1, 0.15) is 0 Å². The number of aliphatic carboxylic acids is 1. The molecule has 0 saturated carbocycles. The number of para-hydroxylation sites is 2. The Hall–Kier alpha value is -1.98. The number of aryl methyl sites for hydroxylation is 1. The molecule has 1 aromatic carbocycles. The van der Waals surface area contributed by atoms with Crippen LogP contribution in [0.15, 0.2) is 24.3 Å². The molecule has 18 heavy (non-hydrogen) atoms. The average Bonchev–Trinajstić information content (AvgIpc) is 2.66. The van der Waals surface area contributed by atoms with Crippen molar-refractivity contribution in [3.63, 3.8) is 0 Å². The first-order valence-electron chi connectivity index (χ1n) is 5.43. The van der Waals surface area contributed by atoms with Gasteiger partial charge in [-0.2, -0.15) is 8.78 Å². The number of hydrogen-bond donors (Lipinski definition) is 1. The van der Waals surface area contributed by atoms with Gasteiger partial charge >= 0.3 is 11.9 Å². The zero-order chi connectivity index (χ0) is 13.3. The van der Waals surface area contributed by atoms with Crippen molar-refractivity contribution < 1.29 is 18.7 Å². The van der Waals surface area contributed by atoms with Crippen LogP contribution in [0.25, 0.3) is 11.0 Å². The van der Waals surface area contributed by atoms with Crippen LogP contribution in [0.3, 0.4) is 0 Å². The molecular formula is C12H12F2N2O2. The van der Waals surface area contributed by atoms with E-state index < -0.39 is 30.6 Å². The lowest BCUT2D eigenvalue weighted by atomic mass is 10.2. The number of hydrogen-bond acceptors (Lipinski definition) is 2. The van der Waals surface area contributed by atoms with Gasteiger partial charge < -0.3 is 9.67 Å². The van der Waals surface area contributed by atoms with Gasteiger partial charge in [-0.15, -0.1) is 0 Å². The van der Waals surface area contributed by atoms with Gasteiger partial charge in [-0.25, -0.2) is 4.98 Å². The van der Waals surface area contributed by atoms with Gasteiger partial charge in [0.15, 0.2) is 5.82 Å². The van der Waals surface area contributed by atoms with Crippen LogP contribution < -0.4 is 0 Å². The Kier molecular flexibility index (Phi) is 3.02. The summed E-state index contributed by atoms with van der Waals surface area (Å²) in [6.45, 7) is 0. The van der Waals surface area contributed by atoms with Crippen molar-refractivity contribution in [1.29, 1.82) is 0 Å². The van der Waals surface area contributed by atoms with Gasteiger partial charge in [0.25, 0.3) is 0 Å². The van der Waals surface area contributed by atoms with Crippen LogP contribution in [0, 0.1) is 0 Å². The third-order valence-corrected chi connectivity index (χ3v) is 2.77. The Balaban J connectivity index is 2.40. The number of benzene rings is 1. The second kappa shape index (κ2) is 4.36. The van der Waals surface area contributed by atoms with Crippen molar-refractivity contribution in [2.75, 3.05) is 0 Å². The highest BCUT2D eigenvalue weighted by Crippen LogP contribution is 2.33. The van der Waals surface area contributed by atoms with Crippen molar-refractivity contribution in [1.82, 2.24) is 9.55 Å². The zero-order valence-electron chi connectivity index (χ0n) is 9.73. The van der Waals surface area contributed by atoms with Crippen LogP contribution in [0.4, 0.5) is 8.78 Å². The van der Waals surface area contributed by atoms with Crippen LogP contribution >= 0.6 is 0 Å². The molecule has 0 radical (unpaired) electrons. The molecule has 0 bridgehead atoms. The van der Waals surface area contributed by atoms with E-state index in [-0.39, 0.29) is 0 Å². The van der Waals surface area contributed by atoms with E-state index in [9.17, 15) is 13.6 Å². The number of carboxylic acids is 1. The van der Waals surface area contributed by atoms with Crippen molar-refractivity contribution in [2.24, 2.45) is 7.05 Å². The van der Waals surface area contributed by atoms with E-state index in [2.05, 4.69) is 4.98 Å². The lowest BCUT2D eigenvalue weighted by Gasteiger charge is -2.14. The van der Waals surface area contributed by atoms with Gasteiger partial charge in [0.05, 0.1) is 17.5 Å². The second-order valence-corrected chi connectivity index (χ2v) is 4.08. The fourth-order valence-electron chi connectivity index (χ4n) is 1.85. The Morgan fingerprint density at radius 3 is 2.72 bits per heavy atom. The smallest absolute Gasteiger partial charge is 0.305 e. The molecule has 0 amide bonds. The number of alkyl halides is 2. The maximum atomic E-state index is 13.9. The summed E-state index contributed by atoms with van der Waals surface area (Å²) in [7, 11) is 1.50. The molecule has 1 N–H and O–H groups in total. The summed E-state index contributed by atoms with van der Waals surface area (Å²) in [5.41, 5.74) is 1.08. The summed E-state index contributed by atoms with van der Waals surface area (Å²) in [4.78, 5) is 14.3. The van der Waals surface area contributed by atoms with Crippen molar-refractivity contribution in [2.45, 2.75) is 18.8 Å². The number of carbonyl (C=O) groups is 1. The Bertz CT molecular complexity index is 593. The molecule has 6 heteroatoms. The Labute approximate surface area is 102 Å². The first-order chi connectivity index (χ1) is 8.42. The molecule has 96 valence electrons. The van der Waals surface area contributed by atoms with E-state index in [1.807, 2.05) is 0 Å². The number of carboxylic acid groups (broad SMARTS) is 1. The fourth-order valence-corrected chi connectivity index (χ4v) is 1.85. The second-order valence-electron chi connectivity index (χ2n) is 4.08. The molecule has 0 aliphatic rings. The Morgan fingerprint density at radius 2 is 2.11 bits per heavy atom. The number of rotatable bonds is 4. The predicted octanol–water partition coefficient (Wildman–Crippen LogP) is 2.53. The SMILES string of the molecule is Cn1c(C(F)(F)CCC(=O)O)nc2ccccc21. The zero-order valence-corrected chi connectivity index (χ0v) is 9.73. The van der Waals surface area contributed by atoms with E-state index in [1.165, 1.54) is 11.6 Å². The molecule has 0 unspecified atom stereocenters. The number of halogens is 2. The van der Waals surface area contributed by atoms with E-state index in [1.54, 1.807) is 24.3 Å². The molecule has 1 heterocycles. The minimum atomic E-state index is -3.24. The van der Waals surface area contributed by atoms with E-state index >= 15 is 0 Å². The van der Waals surface area contributed by atoms with E-state index in [4.69, 9.17) is 5.11 Å². The van der Waals surface area contributed by atoms with Crippen molar-refractivity contribution in [3.05, 3.63) is 30.1 Å². The lowest BCUT2D eigenvalue weighted by molar-refractivity contribution is -0.139. The maximum Gasteiger partial charge on any atom is 0.305 e. The molecule has 0 spiro atoms. The largest absolute Gasteiger partial charge is 0.481 e. The van der Waals surface area contributed by atoms with Gasteiger partial charge in [-0.1, -0.05) is 12.1 Å². The maximum absolute atomic E-state index is 13.9. The quantitative estimate of drug-likeness (QED) is 0.912. The van der Waals surface area contributed by atoms with Crippen LogP contribution in [0.1, 0.15) is 18.7 Å². The Morgan fingerprint density at radius 1 is 1.44 bits per heavy atom. The van der Waals surface area contributed by atoms with Gasteiger partial charge in [0.2, 0.25) is 0 Å². The summed E-state index contributed by atoms with van der Waals surface area (Å²) in [6.07, 6.45) is -1.34. The predicted molar refractivity (Wildman–Crippen MR) is 61.5 cm³/mol. The average molecular weight is 254 g/mol. The summed E-state index contributed by atoms with van der Waals surface area (Å²) in [5.74, 6) is -4.88. The monoisotopic (exact) mass is 254 g/mol. The minimum absolute atomic E-state index is 0.398. The number of fused-ring (bicyclic) bond motifs is 1. The molecule has 0 saturated heterocycles. The molecule has 0 atom stereocenters. The molecule has 2 rings (SSSR count). The normalized spacial score (nSPS) is 11.9. The fraction of sp³-hybridized carbons (Fsp3) is 0.333. The molecule has 0 fully saturated rings. The summed E-state index contributed by atoms with van der Waals surface area (Å²) in [6, 6.07) is 6.79. The highest BCUT2D eigenvalue weighted by molar-refractivity contribution is 5.76. The molecule has 4 nitrogen and oxygen atoms in total. The van der Waals surface area contributed by atoms with Crippen LogP contribution in [0.5, 0.6) is 0 Å². The first kappa shape index (κ1) is 12.5. The number of aromatic nitrogens is 2. The number of nitrogens with zero attached hydrogens (tertiary/aromatic N) is 2. The van der Waals surface area contributed by atoms with E-state index in [0.717, 1.165) is 0 Å². The molecule has 0 aliphatic carbocycles. The highest BCUT2D eigenvalue weighted by atomic mass is 19.3. The molecule has 1 aromatic heterocycles. The van der Waals surface area contributed by atoms with Crippen LogP contribution in [-0.4, -0.2) is 20.6 Å². The first-order valence-corrected chi connectivity index (χ1v) is 5.43. The molecule has 0 aliphatic heterocycles. The van der Waals surface area contributed by atoms with Crippen LogP contribution in [-0.2, 0) is 17.8 Å². The topological polar surface area (TPSA) is 55.1 Å². The number of imidazole rings is 1. The third kappa shape index (κ3) is 2.18. The minimum Gasteiger partial charge on any atom is -0.481 e. The van der Waals surface area contributed by atoms with Crippen molar-refractivity contribution in [3.8, 4) is 0 Å². The summed E-state index contributed by atoms with van der Waals surface area (Å²) in [5, 5.41) is 8.47. The third-order valence-electron chi connectivity index (χ3n) is 2.77. The van der Waals surface area contributed by atoms with E-state index in [0.29, 0.717) is 11.0 Å². The van der Waals surface area contributed by atoms with Gasteiger partial charge in [0, 0.05) is 13.5 Å². The summed E-state index contributed by atoms with van der Waals surface area (Å²) < 4.78 is 29.0. The van der Waals surface area contributed by atoms with Gasteiger partial charge in [-0.05, 0) is 12.1 Å². The molecular weight excluding hydrogens is 242 g/mol. The standard InChI is InChI=1S/C12H12F2N2O2/c1-16-9-5-3-2-4-8(9)15-11(16)12(13,14)7-6-10(17)18/h2-5H,6-7H2,1H3,(H,17,18).